The molecule has 0 aliphatic heterocycles. The number of nitriles is 1. The summed E-state index contributed by atoms with van der Waals surface area (Å²) >= 11 is 5.75. The Labute approximate surface area is 137 Å². The predicted molar refractivity (Wildman–Crippen MR) is 73.1 cm³/mol. The minimum atomic E-state index is -4.67. The molecule has 2 aromatic rings. The fourth-order valence-corrected chi connectivity index (χ4v) is 2.28. The van der Waals surface area contributed by atoms with Crippen molar-refractivity contribution in [2.75, 3.05) is 0 Å². The van der Waals surface area contributed by atoms with Gasteiger partial charge in [-0.3, -0.25) is 4.98 Å². The van der Waals surface area contributed by atoms with E-state index in [9.17, 15) is 31.6 Å². The summed E-state index contributed by atoms with van der Waals surface area (Å²) in [6.45, 7) is 0. The molecule has 0 spiro atoms. The molecule has 0 unspecified atom stereocenters. The van der Waals surface area contributed by atoms with Crippen LogP contribution >= 0.6 is 11.6 Å². The Kier molecular flexibility index (Phi) is 4.76. The van der Waals surface area contributed by atoms with Crippen LogP contribution in [-0.2, 0) is 12.4 Å². The summed E-state index contributed by atoms with van der Waals surface area (Å²) in [5, 5.41) is 8.78. The molecule has 2 rings (SSSR count). The van der Waals surface area contributed by atoms with Crippen molar-refractivity contribution in [3.05, 3.63) is 63.9 Å². The highest BCUT2D eigenvalue weighted by molar-refractivity contribution is 6.31. The van der Waals surface area contributed by atoms with Gasteiger partial charge in [0, 0.05) is 6.20 Å². The SMILES string of the molecule is N#C[C@H](c1cccc(C(F)(F)F)c1)c1ncc(C(F)(F)F)cc1Cl. The second kappa shape index (κ2) is 6.32. The Morgan fingerprint density at radius 1 is 1.00 bits per heavy atom. The van der Waals surface area contributed by atoms with Gasteiger partial charge in [-0.1, -0.05) is 29.8 Å². The molecule has 0 bridgehead atoms. The third-order valence-corrected chi connectivity index (χ3v) is 3.45. The first-order valence-corrected chi connectivity index (χ1v) is 6.71. The van der Waals surface area contributed by atoms with E-state index < -0.39 is 34.4 Å². The largest absolute Gasteiger partial charge is 0.417 e. The van der Waals surface area contributed by atoms with Gasteiger partial charge in [-0.25, -0.2) is 0 Å². The molecule has 0 radical (unpaired) electrons. The number of halogens is 7. The smallest absolute Gasteiger partial charge is 0.257 e. The van der Waals surface area contributed by atoms with Gasteiger partial charge in [0.1, 0.15) is 5.92 Å². The molecule has 1 atom stereocenters. The lowest BCUT2D eigenvalue weighted by Crippen LogP contribution is -2.10. The lowest BCUT2D eigenvalue weighted by atomic mass is 9.94. The van der Waals surface area contributed by atoms with Gasteiger partial charge in [-0.05, 0) is 17.7 Å². The molecule has 1 aromatic carbocycles. The van der Waals surface area contributed by atoms with Crippen molar-refractivity contribution in [2.24, 2.45) is 0 Å². The monoisotopic (exact) mass is 364 g/mol. The van der Waals surface area contributed by atoms with Gasteiger partial charge < -0.3 is 0 Å². The molecule has 126 valence electrons. The lowest BCUT2D eigenvalue weighted by molar-refractivity contribution is -0.138. The number of aromatic nitrogens is 1. The van der Waals surface area contributed by atoms with Crippen LogP contribution in [0.15, 0.2) is 36.5 Å². The Morgan fingerprint density at radius 3 is 2.12 bits per heavy atom. The summed E-state index contributed by atoms with van der Waals surface area (Å²) in [5.41, 5.74) is -2.41. The fourth-order valence-electron chi connectivity index (χ4n) is 2.00. The summed E-state index contributed by atoms with van der Waals surface area (Å²) in [6.07, 6.45) is -8.81. The van der Waals surface area contributed by atoms with E-state index in [0.29, 0.717) is 12.3 Å². The van der Waals surface area contributed by atoms with Gasteiger partial charge in [0.25, 0.3) is 0 Å². The fraction of sp³-hybridized carbons (Fsp3) is 0.200. The maximum absolute atomic E-state index is 12.8. The minimum absolute atomic E-state index is 0.0681. The third kappa shape index (κ3) is 3.79. The predicted octanol–water partition coefficient (Wildman–Crippen LogP) is 5.43. The van der Waals surface area contributed by atoms with Crippen molar-refractivity contribution >= 4 is 11.6 Å². The summed E-state index contributed by atoms with van der Waals surface area (Å²) in [4.78, 5) is 3.53. The highest BCUT2D eigenvalue weighted by Crippen LogP contribution is 2.36. The van der Waals surface area contributed by atoms with Gasteiger partial charge in [-0.15, -0.1) is 0 Å². The molecule has 0 amide bonds. The van der Waals surface area contributed by atoms with Crippen molar-refractivity contribution in [3.63, 3.8) is 0 Å². The van der Waals surface area contributed by atoms with E-state index in [2.05, 4.69) is 4.98 Å². The molecule has 0 fully saturated rings. The second-order valence-electron chi connectivity index (χ2n) is 4.77. The molecular weight excluding hydrogens is 358 g/mol. The minimum Gasteiger partial charge on any atom is -0.257 e. The Hall–Kier alpha value is -2.27. The number of hydrogen-bond acceptors (Lipinski definition) is 2. The molecule has 0 saturated heterocycles. The van der Waals surface area contributed by atoms with Crippen LogP contribution in [0.2, 0.25) is 5.02 Å². The van der Waals surface area contributed by atoms with Crippen LogP contribution in [0.3, 0.4) is 0 Å². The zero-order valence-electron chi connectivity index (χ0n) is 11.6. The second-order valence-corrected chi connectivity index (χ2v) is 5.18. The summed E-state index contributed by atoms with van der Waals surface area (Å²) in [7, 11) is 0. The molecule has 24 heavy (non-hydrogen) atoms. The highest BCUT2D eigenvalue weighted by atomic mass is 35.5. The number of nitrogens with zero attached hydrogens (tertiary/aromatic N) is 2. The summed E-state index contributed by atoms with van der Waals surface area (Å²) in [5.74, 6) is -1.33. The lowest BCUT2D eigenvalue weighted by Gasteiger charge is -2.15. The number of benzene rings is 1. The van der Waals surface area contributed by atoms with E-state index in [4.69, 9.17) is 11.6 Å². The Morgan fingerprint density at radius 2 is 1.62 bits per heavy atom. The van der Waals surface area contributed by atoms with Crippen LogP contribution in [0.1, 0.15) is 28.3 Å². The zero-order valence-corrected chi connectivity index (χ0v) is 12.3. The van der Waals surface area contributed by atoms with Crippen molar-refractivity contribution in [1.82, 2.24) is 4.98 Å². The number of rotatable bonds is 2. The molecule has 1 heterocycles. The summed E-state index contributed by atoms with van der Waals surface area (Å²) in [6, 6.07) is 6.21. The quantitative estimate of drug-likeness (QED) is 0.666. The molecule has 0 aliphatic rings. The topological polar surface area (TPSA) is 36.7 Å². The van der Waals surface area contributed by atoms with Gasteiger partial charge in [0.15, 0.2) is 0 Å². The van der Waals surface area contributed by atoms with E-state index in [1.165, 1.54) is 6.07 Å². The zero-order chi connectivity index (χ0) is 18.1. The van der Waals surface area contributed by atoms with Crippen LogP contribution in [0, 0.1) is 11.3 Å². The van der Waals surface area contributed by atoms with E-state index in [0.717, 1.165) is 18.2 Å². The van der Waals surface area contributed by atoms with E-state index in [-0.39, 0.29) is 11.3 Å². The molecular formula is C15H7ClF6N2. The van der Waals surface area contributed by atoms with Crippen LogP contribution in [-0.4, -0.2) is 4.98 Å². The molecule has 0 N–H and O–H groups in total. The molecule has 1 aromatic heterocycles. The normalized spacial score (nSPS) is 13.4. The molecule has 0 aliphatic carbocycles. The van der Waals surface area contributed by atoms with Gasteiger partial charge in [0.2, 0.25) is 0 Å². The Bertz CT molecular complexity index is 792. The average Bonchev–Trinajstić information content (AvgIpc) is 2.48. The van der Waals surface area contributed by atoms with Gasteiger partial charge >= 0.3 is 12.4 Å². The van der Waals surface area contributed by atoms with Gasteiger partial charge in [-0.2, -0.15) is 31.6 Å². The van der Waals surface area contributed by atoms with Crippen LogP contribution in [0.25, 0.3) is 0 Å². The molecule has 0 saturated carbocycles. The molecule has 2 nitrogen and oxygen atoms in total. The number of pyridine rings is 1. The van der Waals surface area contributed by atoms with Crippen molar-refractivity contribution < 1.29 is 26.3 Å². The first-order chi connectivity index (χ1) is 11.0. The first-order valence-electron chi connectivity index (χ1n) is 6.33. The summed E-state index contributed by atoms with van der Waals surface area (Å²) < 4.78 is 76.1. The standard InChI is InChI=1S/C15H7ClF6N2/c16-12-5-10(15(20,21)22)7-24-13(12)11(6-23)8-2-1-3-9(4-8)14(17,18)19/h1-5,7,11H/t11-/m1/s1. The van der Waals surface area contributed by atoms with Crippen LogP contribution in [0.5, 0.6) is 0 Å². The molecule has 9 heteroatoms. The maximum Gasteiger partial charge on any atom is 0.417 e. The average molecular weight is 365 g/mol. The first kappa shape index (κ1) is 18.1. The van der Waals surface area contributed by atoms with Gasteiger partial charge in [0.05, 0.1) is 27.9 Å². The highest BCUT2D eigenvalue weighted by Gasteiger charge is 2.33. The van der Waals surface area contributed by atoms with Crippen LogP contribution in [0.4, 0.5) is 26.3 Å². The number of alkyl halides is 6. The van der Waals surface area contributed by atoms with E-state index in [1.54, 1.807) is 6.07 Å². The van der Waals surface area contributed by atoms with Crippen molar-refractivity contribution in [1.29, 1.82) is 5.26 Å². The van der Waals surface area contributed by atoms with Crippen molar-refractivity contribution in [3.8, 4) is 6.07 Å². The van der Waals surface area contributed by atoms with Crippen molar-refractivity contribution in [2.45, 2.75) is 18.3 Å². The van der Waals surface area contributed by atoms with E-state index >= 15 is 0 Å². The van der Waals surface area contributed by atoms with Crippen LogP contribution < -0.4 is 0 Å². The Balaban J connectivity index is 2.49. The van der Waals surface area contributed by atoms with E-state index in [1.807, 2.05) is 0 Å². The third-order valence-electron chi connectivity index (χ3n) is 3.15. The maximum atomic E-state index is 12.8. The number of hydrogen-bond donors (Lipinski definition) is 0.